The number of furan rings is 1. The van der Waals surface area contributed by atoms with Crippen LogP contribution in [0.1, 0.15) is 18.0 Å². The van der Waals surface area contributed by atoms with Crippen LogP contribution < -0.4 is 0 Å². The number of hydrogen-bond donors (Lipinski definition) is 1. The molecular weight excluding hydrogens is 316 g/mol. The Labute approximate surface area is 125 Å². The van der Waals surface area contributed by atoms with Gasteiger partial charge < -0.3 is 9.52 Å². The summed E-state index contributed by atoms with van der Waals surface area (Å²) in [5, 5.41) is 9.50. The molecule has 0 aliphatic carbocycles. The van der Waals surface area contributed by atoms with Gasteiger partial charge in [-0.3, -0.25) is 0 Å². The molecule has 0 spiro atoms. The average Bonchev–Trinajstić information content (AvgIpc) is 3.11. The van der Waals surface area contributed by atoms with E-state index in [1.54, 1.807) is 0 Å². The number of hydrogen-bond acceptors (Lipinski definition) is 4. The molecule has 0 unspecified atom stereocenters. The molecule has 3 rings (SSSR count). The van der Waals surface area contributed by atoms with Gasteiger partial charge >= 0.3 is 0 Å². The number of aliphatic hydroxyl groups is 1. The highest BCUT2D eigenvalue weighted by atomic mass is 32.2. The summed E-state index contributed by atoms with van der Waals surface area (Å²) < 4.78 is 58.2. The molecule has 118 valence electrons. The van der Waals surface area contributed by atoms with Gasteiger partial charge in [-0.05, 0) is 36.8 Å². The van der Waals surface area contributed by atoms with Gasteiger partial charge in [-0.1, -0.05) is 0 Å². The van der Waals surface area contributed by atoms with Crippen LogP contribution in [0.15, 0.2) is 46.1 Å². The van der Waals surface area contributed by atoms with Crippen molar-refractivity contribution >= 4 is 10.0 Å². The van der Waals surface area contributed by atoms with Crippen molar-refractivity contribution in [2.24, 2.45) is 0 Å². The molecule has 0 bridgehead atoms. The normalized spacial score (nSPS) is 23.0. The first kappa shape index (κ1) is 15.1. The molecule has 22 heavy (non-hydrogen) atoms. The minimum Gasteiger partial charge on any atom is -0.452 e. The molecule has 0 amide bonds. The van der Waals surface area contributed by atoms with Gasteiger partial charge in [0.2, 0.25) is 5.09 Å². The topological polar surface area (TPSA) is 70.8 Å². The van der Waals surface area contributed by atoms with E-state index in [0.29, 0.717) is 0 Å². The monoisotopic (exact) mass is 329 g/mol. The Morgan fingerprint density at radius 2 is 2.05 bits per heavy atom. The highest BCUT2D eigenvalue weighted by molar-refractivity contribution is 7.89. The molecule has 1 saturated heterocycles. The molecule has 1 fully saturated rings. The van der Waals surface area contributed by atoms with Crippen LogP contribution >= 0.6 is 0 Å². The molecule has 8 heteroatoms. The van der Waals surface area contributed by atoms with Crippen molar-refractivity contribution in [1.29, 1.82) is 0 Å². The van der Waals surface area contributed by atoms with Gasteiger partial charge in [0, 0.05) is 12.1 Å². The minimum absolute atomic E-state index is 0.0136. The van der Waals surface area contributed by atoms with Gasteiger partial charge in [-0.2, -0.15) is 4.31 Å². The first-order valence-corrected chi connectivity index (χ1v) is 8.02. The molecule has 5 nitrogen and oxygen atoms in total. The Morgan fingerprint density at radius 1 is 1.27 bits per heavy atom. The summed E-state index contributed by atoms with van der Waals surface area (Å²) in [5.41, 5.74) is -0.105. The molecule has 2 aromatic rings. The summed E-state index contributed by atoms with van der Waals surface area (Å²) in [7, 11) is -4.04. The van der Waals surface area contributed by atoms with E-state index in [2.05, 4.69) is 0 Å². The summed E-state index contributed by atoms with van der Waals surface area (Å²) in [5.74, 6) is -1.40. The molecule has 2 atom stereocenters. The molecule has 0 radical (unpaired) electrons. The maximum absolute atomic E-state index is 14.0. The van der Waals surface area contributed by atoms with Crippen LogP contribution in [0.25, 0.3) is 0 Å². The second-order valence-corrected chi connectivity index (χ2v) is 6.90. The molecule has 1 aromatic heterocycles. The molecule has 1 aliphatic heterocycles. The Kier molecular flexibility index (Phi) is 3.75. The van der Waals surface area contributed by atoms with Gasteiger partial charge in [0.1, 0.15) is 11.6 Å². The zero-order chi connectivity index (χ0) is 15.9. The van der Waals surface area contributed by atoms with Crippen molar-refractivity contribution in [3.8, 4) is 0 Å². The van der Waals surface area contributed by atoms with Gasteiger partial charge in [0.05, 0.1) is 18.4 Å². The van der Waals surface area contributed by atoms with Crippen molar-refractivity contribution in [3.63, 3.8) is 0 Å². The highest BCUT2D eigenvalue weighted by Crippen LogP contribution is 2.38. The van der Waals surface area contributed by atoms with E-state index in [0.717, 1.165) is 22.5 Å². The van der Waals surface area contributed by atoms with E-state index in [4.69, 9.17) is 4.42 Å². The third kappa shape index (κ3) is 2.53. The Hall–Kier alpha value is -1.77. The van der Waals surface area contributed by atoms with Gasteiger partial charge in [0.15, 0.2) is 0 Å². The zero-order valence-electron chi connectivity index (χ0n) is 11.3. The standard InChI is InChI=1S/C14H13F2NO4S/c15-9-3-4-12(16)11(6-9)13-7-10(18)8-17(13)22(19,20)14-2-1-5-21-14/h1-6,10,13,18H,7-8H2/t10-,13-/m0/s1. The van der Waals surface area contributed by atoms with Crippen molar-refractivity contribution in [3.05, 3.63) is 53.8 Å². The summed E-state index contributed by atoms with van der Waals surface area (Å²) in [6.45, 7) is -0.205. The Morgan fingerprint density at radius 3 is 2.73 bits per heavy atom. The van der Waals surface area contributed by atoms with Crippen molar-refractivity contribution in [2.45, 2.75) is 23.7 Å². The lowest BCUT2D eigenvalue weighted by atomic mass is 10.0. The molecule has 1 aromatic carbocycles. The van der Waals surface area contributed by atoms with Crippen LogP contribution in [0.5, 0.6) is 0 Å². The second-order valence-electron chi connectivity index (χ2n) is 5.08. The Bertz CT molecular complexity index is 776. The van der Waals surface area contributed by atoms with Gasteiger partial charge in [-0.15, -0.1) is 0 Å². The van der Waals surface area contributed by atoms with Crippen LogP contribution in [-0.2, 0) is 10.0 Å². The van der Waals surface area contributed by atoms with E-state index in [1.807, 2.05) is 0 Å². The zero-order valence-corrected chi connectivity index (χ0v) is 12.1. The van der Waals surface area contributed by atoms with Crippen LogP contribution in [0.3, 0.4) is 0 Å². The number of sulfonamides is 1. The van der Waals surface area contributed by atoms with Crippen LogP contribution in [-0.4, -0.2) is 30.5 Å². The smallest absolute Gasteiger partial charge is 0.277 e. The van der Waals surface area contributed by atoms with Crippen LogP contribution in [0, 0.1) is 11.6 Å². The number of β-amino-alcohol motifs (C(OH)–C–C–N with tert-alkyl or cyclic N) is 1. The Balaban J connectivity index is 2.05. The predicted octanol–water partition coefficient (Wildman–Crippen LogP) is 2.05. The summed E-state index contributed by atoms with van der Waals surface area (Å²) in [6, 6.07) is 4.53. The first-order chi connectivity index (χ1) is 10.4. The summed E-state index contributed by atoms with van der Waals surface area (Å²) in [6.07, 6.45) is 0.231. The quantitative estimate of drug-likeness (QED) is 0.936. The fraction of sp³-hybridized carbons (Fsp3) is 0.286. The largest absolute Gasteiger partial charge is 0.452 e. The number of halogens is 2. The van der Waals surface area contributed by atoms with Crippen molar-refractivity contribution in [2.75, 3.05) is 6.54 Å². The van der Waals surface area contributed by atoms with Crippen LogP contribution in [0.2, 0.25) is 0 Å². The average molecular weight is 329 g/mol. The van der Waals surface area contributed by atoms with Crippen molar-refractivity contribution < 1.29 is 26.7 Å². The fourth-order valence-electron chi connectivity index (χ4n) is 2.63. The lowest BCUT2D eigenvalue weighted by molar-refractivity contribution is 0.188. The van der Waals surface area contributed by atoms with Gasteiger partial charge in [-0.25, -0.2) is 17.2 Å². The van der Waals surface area contributed by atoms with Crippen LogP contribution in [0.4, 0.5) is 8.78 Å². The summed E-state index contributed by atoms with van der Waals surface area (Å²) >= 11 is 0. The number of nitrogens with zero attached hydrogens (tertiary/aromatic N) is 1. The van der Waals surface area contributed by atoms with Crippen molar-refractivity contribution in [1.82, 2.24) is 4.31 Å². The number of rotatable bonds is 3. The first-order valence-electron chi connectivity index (χ1n) is 6.58. The third-order valence-corrected chi connectivity index (χ3v) is 5.37. The van der Waals surface area contributed by atoms with E-state index in [1.165, 1.54) is 18.4 Å². The SMILES string of the molecule is O=S(=O)(c1ccco1)N1C[C@@H](O)C[C@H]1c1cc(F)ccc1F. The molecule has 2 heterocycles. The molecule has 0 saturated carbocycles. The molecule has 1 N–H and O–H groups in total. The maximum Gasteiger partial charge on any atom is 0.277 e. The maximum atomic E-state index is 14.0. The third-order valence-electron chi connectivity index (χ3n) is 3.61. The van der Waals surface area contributed by atoms with E-state index in [9.17, 15) is 22.3 Å². The predicted molar refractivity (Wildman–Crippen MR) is 72.3 cm³/mol. The fourth-order valence-corrected chi connectivity index (χ4v) is 4.19. The second kappa shape index (κ2) is 5.45. The molecule has 1 aliphatic rings. The van der Waals surface area contributed by atoms with Gasteiger partial charge in [0.25, 0.3) is 10.0 Å². The minimum atomic E-state index is -4.04. The number of aliphatic hydroxyl groups excluding tert-OH is 1. The van der Waals surface area contributed by atoms with E-state index in [-0.39, 0.29) is 23.6 Å². The van der Waals surface area contributed by atoms with E-state index < -0.39 is 33.8 Å². The van der Waals surface area contributed by atoms with E-state index >= 15 is 0 Å². The summed E-state index contributed by atoms with van der Waals surface area (Å²) in [4.78, 5) is 0. The lowest BCUT2D eigenvalue weighted by Crippen LogP contribution is -2.32. The lowest BCUT2D eigenvalue weighted by Gasteiger charge is -2.23. The number of benzene rings is 1. The highest BCUT2D eigenvalue weighted by Gasteiger charge is 2.42. The molecular formula is C14H13F2NO4S.